The van der Waals surface area contributed by atoms with E-state index in [4.69, 9.17) is 4.99 Å². The lowest BCUT2D eigenvalue weighted by molar-refractivity contribution is 0.472. The average Bonchev–Trinajstić information content (AvgIpc) is 3.15. The van der Waals surface area contributed by atoms with Gasteiger partial charge in [-0.1, -0.05) is 53.8 Å². The van der Waals surface area contributed by atoms with Crippen LogP contribution in [0.5, 0.6) is 5.75 Å². The number of thiazole rings is 1. The van der Waals surface area contributed by atoms with Crippen LogP contribution in [-0.2, 0) is 6.42 Å². The van der Waals surface area contributed by atoms with E-state index in [9.17, 15) is 14.3 Å². The summed E-state index contributed by atoms with van der Waals surface area (Å²) in [6, 6.07) is 19.4. The predicted molar refractivity (Wildman–Crippen MR) is 135 cm³/mol. The molecule has 0 radical (unpaired) electrons. The number of aryl methyl sites for hydroxylation is 1. The molecule has 1 atom stereocenters. The summed E-state index contributed by atoms with van der Waals surface area (Å²) in [5.41, 5.74) is 5.86. The lowest BCUT2D eigenvalue weighted by atomic mass is 9.83. The van der Waals surface area contributed by atoms with Gasteiger partial charge in [-0.2, -0.15) is 0 Å². The van der Waals surface area contributed by atoms with E-state index in [2.05, 4.69) is 28.1 Å². The first-order valence-electron chi connectivity index (χ1n) is 10.9. The van der Waals surface area contributed by atoms with E-state index in [-0.39, 0.29) is 23.2 Å². The van der Waals surface area contributed by atoms with Crippen LogP contribution in [0.15, 0.2) is 86.6 Å². The maximum absolute atomic E-state index is 13.7. The maximum Gasteiger partial charge on any atom is 0.271 e. The smallest absolute Gasteiger partial charge is 0.271 e. The Hall–Kier alpha value is -3.29. The molecule has 0 saturated carbocycles. The van der Waals surface area contributed by atoms with Crippen molar-refractivity contribution in [3.8, 4) is 5.75 Å². The van der Waals surface area contributed by atoms with Crippen LogP contribution in [0.4, 0.5) is 4.39 Å². The van der Waals surface area contributed by atoms with Crippen molar-refractivity contribution in [3.63, 3.8) is 0 Å². The predicted octanol–water partition coefficient (Wildman–Crippen LogP) is 4.93. The molecule has 2 heterocycles. The fourth-order valence-electron chi connectivity index (χ4n) is 4.73. The topological polar surface area (TPSA) is 54.6 Å². The molecule has 7 heteroatoms. The van der Waals surface area contributed by atoms with E-state index >= 15 is 0 Å². The van der Waals surface area contributed by atoms with E-state index in [1.54, 1.807) is 34.9 Å². The number of phenols is 1. The minimum Gasteiger partial charge on any atom is -0.507 e. The molecule has 1 unspecified atom stereocenters. The number of halogens is 2. The molecule has 1 N–H and O–H groups in total. The number of aromatic hydroxyl groups is 1. The van der Waals surface area contributed by atoms with E-state index in [0.29, 0.717) is 13.8 Å². The monoisotopic (exact) mass is 532 g/mol. The molecule has 2 aliphatic rings. The van der Waals surface area contributed by atoms with Gasteiger partial charge < -0.3 is 5.11 Å². The number of benzene rings is 3. The van der Waals surface area contributed by atoms with Gasteiger partial charge >= 0.3 is 0 Å². The van der Waals surface area contributed by atoms with E-state index in [0.717, 1.165) is 40.8 Å². The van der Waals surface area contributed by atoms with E-state index in [1.807, 2.05) is 18.2 Å². The Labute approximate surface area is 206 Å². The number of allylic oxidation sites excluding steroid dienone is 1. The minimum atomic E-state index is -0.339. The van der Waals surface area contributed by atoms with Gasteiger partial charge in [0.25, 0.3) is 5.56 Å². The fourth-order valence-corrected chi connectivity index (χ4v) is 6.13. The molecule has 1 aromatic heterocycles. The number of hydrogen-bond acceptors (Lipinski definition) is 4. The van der Waals surface area contributed by atoms with Crippen molar-refractivity contribution in [1.29, 1.82) is 0 Å². The molecule has 1 aliphatic heterocycles. The fraction of sp³-hybridized carbons (Fsp3) is 0.111. The summed E-state index contributed by atoms with van der Waals surface area (Å²) in [5, 5.41) is 9.80. The quantitative estimate of drug-likeness (QED) is 0.398. The zero-order chi connectivity index (χ0) is 23.4. The Morgan fingerprint density at radius 3 is 2.68 bits per heavy atom. The Morgan fingerprint density at radius 2 is 1.88 bits per heavy atom. The van der Waals surface area contributed by atoms with Crippen LogP contribution in [0.25, 0.3) is 11.8 Å². The van der Waals surface area contributed by atoms with Crippen molar-refractivity contribution in [3.05, 3.63) is 125 Å². The third-order valence-corrected chi connectivity index (χ3v) is 7.95. The van der Waals surface area contributed by atoms with Crippen LogP contribution in [0.3, 0.4) is 0 Å². The van der Waals surface area contributed by atoms with Crippen molar-refractivity contribution >= 4 is 39.0 Å². The second-order valence-corrected chi connectivity index (χ2v) is 10.2. The van der Waals surface area contributed by atoms with Crippen molar-refractivity contribution < 1.29 is 9.50 Å². The van der Waals surface area contributed by atoms with Crippen LogP contribution in [0, 0.1) is 5.82 Å². The molecule has 3 aromatic carbocycles. The summed E-state index contributed by atoms with van der Waals surface area (Å²) in [7, 11) is 0. The van der Waals surface area contributed by atoms with Crippen LogP contribution in [0.1, 0.15) is 34.7 Å². The van der Waals surface area contributed by atoms with Crippen molar-refractivity contribution in [2.45, 2.75) is 18.9 Å². The normalized spacial score (nSPS) is 17.1. The Bertz CT molecular complexity index is 1670. The van der Waals surface area contributed by atoms with E-state index in [1.165, 1.54) is 29.0 Å². The summed E-state index contributed by atoms with van der Waals surface area (Å²) >= 11 is 4.67. The number of hydrogen-bond donors (Lipinski definition) is 1. The highest BCUT2D eigenvalue weighted by molar-refractivity contribution is 9.10. The molecule has 4 nitrogen and oxygen atoms in total. The van der Waals surface area contributed by atoms with Crippen molar-refractivity contribution in [2.24, 2.45) is 4.99 Å². The molecule has 4 aromatic rings. The number of aromatic nitrogens is 1. The molecule has 34 heavy (non-hydrogen) atoms. The average molecular weight is 533 g/mol. The maximum atomic E-state index is 13.7. The standard InChI is InChI=1S/C27H18BrFN2O2S/c28-21-13-15(5-12-22(21)32)14-23-26(33)31-25(17-6-9-18(29)10-7-17)20-11-8-16-3-1-2-4-19(16)24(20)30-27(31)34-23/h1-7,9-10,12-14,25,32H,8,11H2. The first kappa shape index (κ1) is 21.3. The minimum absolute atomic E-state index is 0.132. The third-order valence-electron chi connectivity index (χ3n) is 6.33. The van der Waals surface area contributed by atoms with Crippen molar-refractivity contribution in [1.82, 2.24) is 4.57 Å². The Kier molecular flexibility index (Phi) is 5.12. The zero-order valence-corrected chi connectivity index (χ0v) is 20.2. The summed E-state index contributed by atoms with van der Waals surface area (Å²) in [6.07, 6.45) is 3.47. The molecular formula is C27H18BrFN2O2S. The number of fused-ring (bicyclic) bond motifs is 3. The van der Waals surface area contributed by atoms with Gasteiger partial charge in [0.15, 0.2) is 4.80 Å². The SMILES string of the molecule is O=c1c(=Cc2ccc(O)c(Br)c2)sc2n1C(c1ccc(F)cc1)C1=C(N=2)c2ccccc2CC1. The van der Waals surface area contributed by atoms with Gasteiger partial charge in [0.05, 0.1) is 20.7 Å². The van der Waals surface area contributed by atoms with E-state index < -0.39 is 0 Å². The Morgan fingerprint density at radius 1 is 1.09 bits per heavy atom. The summed E-state index contributed by atoms with van der Waals surface area (Å²) in [5.74, 6) is -0.168. The van der Waals surface area contributed by atoms with Gasteiger partial charge in [-0.3, -0.25) is 9.36 Å². The molecular weight excluding hydrogens is 515 g/mol. The van der Waals surface area contributed by atoms with Crippen LogP contribution < -0.4 is 14.9 Å². The largest absolute Gasteiger partial charge is 0.507 e. The summed E-state index contributed by atoms with van der Waals surface area (Å²) < 4.78 is 16.6. The van der Waals surface area contributed by atoms with Gasteiger partial charge in [-0.05, 0) is 81.4 Å². The number of rotatable bonds is 2. The first-order valence-corrected chi connectivity index (χ1v) is 12.5. The van der Waals surface area contributed by atoms with Crippen molar-refractivity contribution in [2.75, 3.05) is 0 Å². The molecule has 6 rings (SSSR count). The molecule has 0 spiro atoms. The third kappa shape index (κ3) is 3.47. The molecule has 0 amide bonds. The number of phenolic OH excluding ortho intramolecular Hbond substituents is 1. The molecule has 0 bridgehead atoms. The number of nitrogens with zero attached hydrogens (tertiary/aromatic N) is 2. The lowest BCUT2D eigenvalue weighted by Gasteiger charge is -2.30. The molecule has 0 saturated heterocycles. The van der Waals surface area contributed by atoms with Gasteiger partial charge in [-0.25, -0.2) is 9.38 Å². The zero-order valence-electron chi connectivity index (χ0n) is 17.8. The molecule has 168 valence electrons. The molecule has 1 aliphatic carbocycles. The van der Waals surface area contributed by atoms with Gasteiger partial charge in [-0.15, -0.1) is 0 Å². The molecule has 0 fully saturated rings. The van der Waals surface area contributed by atoms with Gasteiger partial charge in [0, 0.05) is 5.56 Å². The lowest BCUT2D eigenvalue weighted by Crippen LogP contribution is -2.38. The highest BCUT2D eigenvalue weighted by Gasteiger charge is 2.32. The van der Waals surface area contributed by atoms with Crippen LogP contribution in [-0.4, -0.2) is 9.67 Å². The summed E-state index contributed by atoms with van der Waals surface area (Å²) in [4.78, 5) is 19.3. The van der Waals surface area contributed by atoms with Gasteiger partial charge in [0.2, 0.25) is 0 Å². The first-order chi connectivity index (χ1) is 16.5. The van der Waals surface area contributed by atoms with Gasteiger partial charge in [0.1, 0.15) is 11.6 Å². The highest BCUT2D eigenvalue weighted by atomic mass is 79.9. The second-order valence-electron chi connectivity index (χ2n) is 8.38. The summed E-state index contributed by atoms with van der Waals surface area (Å²) in [6.45, 7) is 0. The van der Waals surface area contributed by atoms with Crippen LogP contribution in [0.2, 0.25) is 0 Å². The van der Waals surface area contributed by atoms with Crippen LogP contribution >= 0.6 is 27.3 Å². The highest BCUT2D eigenvalue weighted by Crippen LogP contribution is 2.41. The second kappa shape index (κ2) is 8.18. The Balaban J connectivity index is 1.62.